The molecule has 2 amide bonds. The molecule has 1 saturated heterocycles. The first-order valence-electron chi connectivity index (χ1n) is 9.88. The molecule has 2 N–H and O–H groups in total. The molecule has 2 heterocycles. The molecule has 3 rings (SSSR count). The Morgan fingerprint density at radius 1 is 1.26 bits per heavy atom. The maximum absolute atomic E-state index is 14.9. The minimum absolute atomic E-state index is 0.00281. The Morgan fingerprint density at radius 3 is 2.52 bits per heavy atom. The predicted molar refractivity (Wildman–Crippen MR) is 117 cm³/mol. The normalized spacial score (nSPS) is 20.4. The summed E-state index contributed by atoms with van der Waals surface area (Å²) in [5.74, 6) is -2.76. The number of carbonyl (C=O) groups is 2. The third-order valence-electron chi connectivity index (χ3n) is 5.62. The van der Waals surface area contributed by atoms with E-state index in [-0.39, 0.29) is 22.1 Å². The second-order valence-corrected chi connectivity index (χ2v) is 8.23. The zero-order valence-corrected chi connectivity index (χ0v) is 18.9. The Kier molecular flexibility index (Phi) is 7.27. The molecule has 6 nitrogen and oxygen atoms in total. The van der Waals surface area contributed by atoms with E-state index < -0.39 is 23.7 Å². The van der Waals surface area contributed by atoms with Crippen molar-refractivity contribution in [2.24, 2.45) is 5.73 Å². The minimum Gasteiger partial charge on any atom is -0.381 e. The topological polar surface area (TPSA) is 75.9 Å². The maximum atomic E-state index is 14.9. The van der Waals surface area contributed by atoms with Gasteiger partial charge in [0.05, 0.1) is 17.7 Å². The second kappa shape index (κ2) is 9.74. The monoisotopic (exact) mass is 495 g/mol. The summed E-state index contributed by atoms with van der Waals surface area (Å²) in [4.78, 5) is 28.1. The number of amides is 2. The molecule has 1 aromatic rings. The molecule has 1 aromatic carbocycles. The van der Waals surface area contributed by atoms with Crippen molar-refractivity contribution in [3.8, 4) is 0 Å². The van der Waals surface area contributed by atoms with E-state index in [2.05, 4.69) is 15.9 Å². The molecule has 1 unspecified atom stereocenters. The van der Waals surface area contributed by atoms with Crippen LogP contribution in [0.2, 0.25) is 0 Å². The van der Waals surface area contributed by atoms with Gasteiger partial charge in [-0.05, 0) is 65.0 Å². The van der Waals surface area contributed by atoms with E-state index in [4.69, 9.17) is 10.5 Å². The number of hydrogen-bond donors (Lipinski definition) is 1. The molecule has 9 heteroatoms. The zero-order chi connectivity index (χ0) is 22.7. The molecule has 2 aliphatic heterocycles. The van der Waals surface area contributed by atoms with Crippen LogP contribution in [0.25, 0.3) is 5.57 Å². The van der Waals surface area contributed by atoms with Crippen molar-refractivity contribution in [2.45, 2.75) is 31.9 Å². The van der Waals surface area contributed by atoms with Gasteiger partial charge in [0.25, 0.3) is 11.8 Å². The van der Waals surface area contributed by atoms with E-state index in [1.165, 1.54) is 23.2 Å². The third-order valence-corrected chi connectivity index (χ3v) is 6.34. The van der Waals surface area contributed by atoms with Crippen molar-refractivity contribution in [3.63, 3.8) is 0 Å². The van der Waals surface area contributed by atoms with Gasteiger partial charge in [-0.25, -0.2) is 4.39 Å². The van der Waals surface area contributed by atoms with E-state index in [9.17, 15) is 18.4 Å². The highest BCUT2D eigenvalue weighted by atomic mass is 79.9. The molecule has 0 aromatic heterocycles. The molecule has 1 fully saturated rings. The number of methoxy groups -OCH3 is 1. The number of ether oxygens (including phenoxy) is 1. The lowest BCUT2D eigenvalue weighted by atomic mass is 9.94. The number of allylic oxidation sites excluding steroid dienone is 2. The van der Waals surface area contributed by atoms with Crippen LogP contribution in [0.5, 0.6) is 0 Å². The Morgan fingerprint density at radius 2 is 1.94 bits per heavy atom. The average Bonchev–Trinajstić information content (AvgIpc) is 2.77. The largest absolute Gasteiger partial charge is 0.381 e. The van der Waals surface area contributed by atoms with Crippen LogP contribution < -0.4 is 5.73 Å². The molecule has 31 heavy (non-hydrogen) atoms. The van der Waals surface area contributed by atoms with Crippen molar-refractivity contribution in [2.75, 3.05) is 20.2 Å². The maximum Gasteiger partial charge on any atom is 0.270 e. The van der Waals surface area contributed by atoms with Crippen molar-refractivity contribution in [1.82, 2.24) is 9.80 Å². The molecular formula is C22H24BrF2N3O3. The number of nitrogens with two attached hydrogens (primary N) is 1. The summed E-state index contributed by atoms with van der Waals surface area (Å²) >= 11 is 2.85. The first-order valence-corrected chi connectivity index (χ1v) is 10.7. The molecule has 1 atom stereocenters. The summed E-state index contributed by atoms with van der Waals surface area (Å²) in [6, 6.07) is 3.89. The van der Waals surface area contributed by atoms with Crippen LogP contribution in [-0.2, 0) is 9.53 Å². The minimum atomic E-state index is -1.12. The van der Waals surface area contributed by atoms with Gasteiger partial charge in [0.1, 0.15) is 10.3 Å². The summed E-state index contributed by atoms with van der Waals surface area (Å²) in [7, 11) is 1.65. The fourth-order valence-corrected chi connectivity index (χ4v) is 3.99. The number of piperidine rings is 1. The van der Waals surface area contributed by atoms with E-state index in [1.807, 2.05) is 0 Å². The summed E-state index contributed by atoms with van der Waals surface area (Å²) in [6.07, 6.45) is 6.41. The highest BCUT2D eigenvalue weighted by molar-refractivity contribution is 9.12. The third kappa shape index (κ3) is 4.88. The molecule has 0 bridgehead atoms. The number of nitrogens with zero attached hydrogens (tertiary/aromatic N) is 2. The van der Waals surface area contributed by atoms with Gasteiger partial charge in [-0.2, -0.15) is 4.39 Å². The summed E-state index contributed by atoms with van der Waals surface area (Å²) in [5, 5.41) is 0. The van der Waals surface area contributed by atoms with E-state index in [0.29, 0.717) is 24.2 Å². The molecular weight excluding hydrogens is 472 g/mol. The molecule has 0 spiro atoms. The molecule has 0 saturated carbocycles. The first-order chi connectivity index (χ1) is 14.7. The standard InChI is InChI=1S/C22H24BrF2N3O3/c1-13-16(4-3-9-28(13)22(30)19(23)20(25)26)14-5-6-17(18(24)12-14)21(29)27-10-7-15(31-2)8-11-27/h3-6,9,12-13,15H,7-8,10-11,26H2,1-2H3/b20-19+. The van der Waals surface area contributed by atoms with Gasteiger partial charge in [-0.15, -0.1) is 0 Å². The Labute approximate surface area is 188 Å². The van der Waals surface area contributed by atoms with E-state index in [0.717, 1.165) is 12.8 Å². The molecule has 0 radical (unpaired) electrons. The number of carbonyl (C=O) groups excluding carboxylic acids is 2. The van der Waals surface area contributed by atoms with Crippen LogP contribution >= 0.6 is 15.9 Å². The number of likely N-dealkylation sites (tertiary alicyclic amines) is 1. The smallest absolute Gasteiger partial charge is 0.270 e. The lowest BCUT2D eigenvalue weighted by Gasteiger charge is -2.32. The second-order valence-electron chi connectivity index (χ2n) is 7.44. The SMILES string of the molecule is COC1CCN(C(=O)c2ccc(C3=CC=CN(C(=O)/C(Br)=C(\N)F)C3C)cc2F)CC1. The van der Waals surface area contributed by atoms with Crippen LogP contribution in [-0.4, -0.2) is 54.0 Å². The molecule has 2 aliphatic rings. The fourth-order valence-electron chi connectivity index (χ4n) is 3.79. The van der Waals surface area contributed by atoms with Gasteiger partial charge in [-0.3, -0.25) is 9.59 Å². The van der Waals surface area contributed by atoms with Gasteiger partial charge in [0, 0.05) is 26.4 Å². The van der Waals surface area contributed by atoms with Crippen LogP contribution in [0.3, 0.4) is 0 Å². The summed E-state index contributed by atoms with van der Waals surface area (Å²) in [5.41, 5.74) is 6.24. The lowest BCUT2D eigenvalue weighted by Crippen LogP contribution is -2.41. The van der Waals surface area contributed by atoms with Gasteiger partial charge in [0.15, 0.2) is 0 Å². The summed E-state index contributed by atoms with van der Waals surface area (Å²) in [6.45, 7) is 2.77. The van der Waals surface area contributed by atoms with Crippen LogP contribution in [0.4, 0.5) is 8.78 Å². The zero-order valence-electron chi connectivity index (χ0n) is 17.3. The average molecular weight is 496 g/mol. The predicted octanol–water partition coefficient (Wildman–Crippen LogP) is 3.70. The van der Waals surface area contributed by atoms with Crippen molar-refractivity contribution in [1.29, 1.82) is 0 Å². The number of halogens is 3. The molecule has 166 valence electrons. The quantitative estimate of drug-likeness (QED) is 0.510. The van der Waals surface area contributed by atoms with Crippen LogP contribution in [0.15, 0.2) is 47.0 Å². The van der Waals surface area contributed by atoms with Gasteiger partial charge < -0.3 is 20.3 Å². The number of hydrogen-bond acceptors (Lipinski definition) is 4. The van der Waals surface area contributed by atoms with Gasteiger partial charge in [0.2, 0.25) is 5.95 Å². The van der Waals surface area contributed by atoms with Gasteiger partial charge in [-0.1, -0.05) is 12.1 Å². The first kappa shape index (κ1) is 23.1. The molecule has 0 aliphatic carbocycles. The van der Waals surface area contributed by atoms with Crippen LogP contribution in [0.1, 0.15) is 35.7 Å². The number of benzene rings is 1. The van der Waals surface area contributed by atoms with Crippen LogP contribution in [0, 0.1) is 5.82 Å². The highest BCUT2D eigenvalue weighted by Gasteiger charge is 2.29. The summed E-state index contributed by atoms with van der Waals surface area (Å²) < 4.78 is 33.1. The van der Waals surface area contributed by atoms with Gasteiger partial charge >= 0.3 is 0 Å². The Bertz CT molecular complexity index is 965. The Hall–Kier alpha value is -2.52. The van der Waals surface area contributed by atoms with E-state index in [1.54, 1.807) is 37.2 Å². The lowest BCUT2D eigenvalue weighted by molar-refractivity contribution is -0.124. The van der Waals surface area contributed by atoms with Crippen molar-refractivity contribution >= 4 is 33.3 Å². The van der Waals surface area contributed by atoms with Crippen molar-refractivity contribution in [3.05, 3.63) is 63.9 Å². The van der Waals surface area contributed by atoms with E-state index >= 15 is 0 Å². The fraction of sp³-hybridized carbons (Fsp3) is 0.364. The number of rotatable bonds is 4. The Balaban J connectivity index is 1.79. The van der Waals surface area contributed by atoms with Crippen molar-refractivity contribution < 1.29 is 23.1 Å². The highest BCUT2D eigenvalue weighted by Crippen LogP contribution is 2.30.